The summed E-state index contributed by atoms with van der Waals surface area (Å²) in [6.07, 6.45) is 28.7. The van der Waals surface area contributed by atoms with Gasteiger partial charge < -0.3 is 4.74 Å². The average Bonchev–Trinajstić information content (AvgIpc) is 2.66. The lowest BCUT2D eigenvalue weighted by Crippen LogP contribution is -2.26. The number of hydrogen-bond donors (Lipinski definition) is 0. The van der Waals surface area contributed by atoms with E-state index in [1.165, 1.54) is 51.4 Å². The number of allylic oxidation sites excluding steroid dienone is 5. The molecule has 0 aromatic carbocycles. The van der Waals surface area contributed by atoms with E-state index in [0.717, 1.165) is 37.9 Å². The van der Waals surface area contributed by atoms with Crippen molar-refractivity contribution in [1.29, 1.82) is 0 Å². The molecule has 0 amide bonds. The Kier molecular flexibility index (Phi) is 9.32. The van der Waals surface area contributed by atoms with Gasteiger partial charge in [-0.1, -0.05) is 61.8 Å². The van der Waals surface area contributed by atoms with Gasteiger partial charge in [0.1, 0.15) is 0 Å². The largest absolute Gasteiger partial charge is 0.380 e. The van der Waals surface area contributed by atoms with Crippen LogP contribution in [-0.4, -0.2) is 13.2 Å². The minimum absolute atomic E-state index is 0.241. The predicted octanol–water partition coefficient (Wildman–Crippen LogP) is 7.02. The van der Waals surface area contributed by atoms with Gasteiger partial charge in [-0.05, 0) is 63.7 Å². The van der Waals surface area contributed by atoms with Gasteiger partial charge in [0.05, 0.1) is 13.2 Å². The van der Waals surface area contributed by atoms with Crippen molar-refractivity contribution in [2.75, 3.05) is 13.2 Å². The van der Waals surface area contributed by atoms with Crippen molar-refractivity contribution in [2.45, 2.75) is 71.1 Å². The van der Waals surface area contributed by atoms with E-state index in [4.69, 9.17) is 4.74 Å². The number of hydrogen-bond acceptors (Lipinski definition) is 1. The molecule has 0 bridgehead atoms. The van der Waals surface area contributed by atoms with Crippen molar-refractivity contribution >= 4 is 0 Å². The Morgan fingerprint density at radius 2 is 2.00 bits per heavy atom. The summed E-state index contributed by atoms with van der Waals surface area (Å²) in [5, 5.41) is 0. The summed E-state index contributed by atoms with van der Waals surface area (Å²) in [4.78, 5) is 0. The van der Waals surface area contributed by atoms with Crippen molar-refractivity contribution in [1.82, 2.24) is 0 Å². The average molecular weight is 343 g/mol. The van der Waals surface area contributed by atoms with Crippen molar-refractivity contribution in [3.05, 3.63) is 49.1 Å². The molecule has 0 saturated heterocycles. The molecule has 0 radical (unpaired) electrons. The van der Waals surface area contributed by atoms with Crippen molar-refractivity contribution in [3.8, 4) is 0 Å². The lowest BCUT2D eigenvalue weighted by atomic mass is 9.76. The van der Waals surface area contributed by atoms with Gasteiger partial charge in [0.15, 0.2) is 0 Å². The number of unbranched alkanes of at least 4 members (excludes halogenated alkanes) is 1. The Labute approximate surface area is 155 Å². The molecule has 2 rings (SSSR count). The lowest BCUT2D eigenvalue weighted by Gasteiger charge is -2.32. The molecule has 0 aromatic rings. The van der Waals surface area contributed by atoms with Crippen LogP contribution < -0.4 is 0 Å². The Bertz CT molecular complexity index is 451. The molecule has 1 nitrogen and oxygen atoms in total. The maximum absolute atomic E-state index is 6.00. The lowest BCUT2D eigenvalue weighted by molar-refractivity contribution is 0.0651. The fourth-order valence-corrected chi connectivity index (χ4v) is 4.29. The van der Waals surface area contributed by atoms with Crippen LogP contribution in [0, 0.1) is 17.3 Å². The van der Waals surface area contributed by atoms with Gasteiger partial charge in [-0.3, -0.25) is 0 Å². The maximum Gasteiger partial charge on any atom is 0.0560 e. The highest BCUT2D eigenvalue weighted by Crippen LogP contribution is 2.36. The quantitative estimate of drug-likeness (QED) is 0.289. The van der Waals surface area contributed by atoms with Crippen LogP contribution >= 0.6 is 0 Å². The Balaban J connectivity index is 1.66. The van der Waals surface area contributed by atoms with Crippen LogP contribution in [0.5, 0.6) is 0 Å². The second-order valence-corrected chi connectivity index (χ2v) is 8.03. The third-order valence-corrected chi connectivity index (χ3v) is 6.04. The first-order valence-electron chi connectivity index (χ1n) is 10.4. The van der Waals surface area contributed by atoms with E-state index in [-0.39, 0.29) is 5.41 Å². The highest BCUT2D eigenvalue weighted by Gasteiger charge is 2.27. The zero-order valence-corrected chi connectivity index (χ0v) is 16.3. The van der Waals surface area contributed by atoms with E-state index in [0.29, 0.717) is 0 Å². The van der Waals surface area contributed by atoms with E-state index in [1.807, 2.05) is 0 Å². The summed E-state index contributed by atoms with van der Waals surface area (Å²) in [6, 6.07) is 0. The summed E-state index contributed by atoms with van der Waals surface area (Å²) < 4.78 is 6.00. The molecule has 0 aromatic heterocycles. The fourth-order valence-electron chi connectivity index (χ4n) is 4.29. The van der Waals surface area contributed by atoms with Crippen LogP contribution in [0.4, 0.5) is 0 Å². The van der Waals surface area contributed by atoms with Crippen molar-refractivity contribution in [2.24, 2.45) is 17.3 Å². The first-order chi connectivity index (χ1) is 12.3. The van der Waals surface area contributed by atoms with Gasteiger partial charge in [-0.25, -0.2) is 0 Å². The zero-order chi connectivity index (χ0) is 17.8. The Morgan fingerprint density at radius 3 is 2.68 bits per heavy atom. The monoisotopic (exact) mass is 342 g/mol. The minimum Gasteiger partial charge on any atom is -0.380 e. The highest BCUT2D eigenvalue weighted by molar-refractivity contribution is 5.16. The van der Waals surface area contributed by atoms with Crippen LogP contribution in [-0.2, 0) is 4.74 Å². The Morgan fingerprint density at radius 1 is 1.16 bits per heavy atom. The van der Waals surface area contributed by atoms with Crippen molar-refractivity contribution < 1.29 is 4.74 Å². The number of ether oxygens (including phenoxy) is 1. The molecule has 1 saturated carbocycles. The molecule has 0 aliphatic heterocycles. The SMILES string of the molecule is C=CC1CCC(CCCCC2(COCCC=CC)C=CC=CC2)CC1. The molecule has 1 heteroatoms. The smallest absolute Gasteiger partial charge is 0.0560 e. The summed E-state index contributed by atoms with van der Waals surface area (Å²) >= 11 is 0. The molecule has 25 heavy (non-hydrogen) atoms. The predicted molar refractivity (Wildman–Crippen MR) is 110 cm³/mol. The zero-order valence-electron chi connectivity index (χ0n) is 16.3. The van der Waals surface area contributed by atoms with E-state index < -0.39 is 0 Å². The van der Waals surface area contributed by atoms with Gasteiger partial charge >= 0.3 is 0 Å². The molecule has 1 unspecified atom stereocenters. The first-order valence-corrected chi connectivity index (χ1v) is 10.4. The third kappa shape index (κ3) is 7.36. The standard InChI is InChI=1S/C24H38O/c1-3-5-11-20-25-21-24(17-8-6-9-18-24)19-10-7-12-23-15-13-22(4-2)14-16-23/h3-6,8-9,17,22-23H,2,7,10-16,18-21H2,1H3. The first kappa shape index (κ1) is 20.2. The summed E-state index contributed by atoms with van der Waals surface area (Å²) in [7, 11) is 0. The van der Waals surface area contributed by atoms with Gasteiger partial charge in [0, 0.05) is 5.41 Å². The molecule has 2 aliphatic rings. The molecule has 0 N–H and O–H groups in total. The van der Waals surface area contributed by atoms with Crippen LogP contribution in [0.25, 0.3) is 0 Å². The second kappa shape index (κ2) is 11.5. The van der Waals surface area contributed by atoms with E-state index >= 15 is 0 Å². The molecular formula is C24H38O. The van der Waals surface area contributed by atoms with Gasteiger partial charge in [-0.15, -0.1) is 6.58 Å². The molecule has 1 fully saturated rings. The summed E-state index contributed by atoms with van der Waals surface area (Å²) in [6.45, 7) is 7.74. The van der Waals surface area contributed by atoms with E-state index in [1.54, 1.807) is 0 Å². The molecule has 2 aliphatic carbocycles. The van der Waals surface area contributed by atoms with E-state index in [2.05, 4.69) is 56.0 Å². The highest BCUT2D eigenvalue weighted by atomic mass is 16.5. The molecule has 0 heterocycles. The fraction of sp³-hybridized carbons (Fsp3) is 0.667. The normalized spacial score (nSPS) is 29.3. The topological polar surface area (TPSA) is 9.23 Å². The Hall–Kier alpha value is -1.08. The van der Waals surface area contributed by atoms with Gasteiger partial charge in [-0.2, -0.15) is 0 Å². The molecule has 140 valence electrons. The van der Waals surface area contributed by atoms with E-state index in [9.17, 15) is 0 Å². The molecular weight excluding hydrogens is 304 g/mol. The summed E-state index contributed by atoms with van der Waals surface area (Å²) in [5.74, 6) is 1.75. The molecule has 1 atom stereocenters. The minimum atomic E-state index is 0.241. The van der Waals surface area contributed by atoms with Gasteiger partial charge in [0.25, 0.3) is 0 Å². The molecule has 0 spiro atoms. The van der Waals surface area contributed by atoms with Gasteiger partial charge in [0.2, 0.25) is 0 Å². The maximum atomic E-state index is 6.00. The van der Waals surface area contributed by atoms with Crippen LogP contribution in [0.2, 0.25) is 0 Å². The van der Waals surface area contributed by atoms with Crippen molar-refractivity contribution in [3.63, 3.8) is 0 Å². The number of rotatable bonds is 11. The summed E-state index contributed by atoms with van der Waals surface area (Å²) in [5.41, 5.74) is 0.241. The van der Waals surface area contributed by atoms with Crippen LogP contribution in [0.3, 0.4) is 0 Å². The third-order valence-electron chi connectivity index (χ3n) is 6.04. The van der Waals surface area contributed by atoms with Crippen LogP contribution in [0.1, 0.15) is 71.1 Å². The second-order valence-electron chi connectivity index (χ2n) is 8.03. The van der Waals surface area contributed by atoms with Crippen LogP contribution in [0.15, 0.2) is 49.1 Å².